The molecule has 2 N–H and O–H groups in total. The predicted molar refractivity (Wildman–Crippen MR) is 56.5 cm³/mol. The Morgan fingerprint density at radius 2 is 2.13 bits per heavy atom. The fourth-order valence-corrected chi connectivity index (χ4v) is 1.44. The largest absolute Gasteiger partial charge is 0.480 e. The average molecular weight is 211 g/mol. The summed E-state index contributed by atoms with van der Waals surface area (Å²) < 4.78 is 5.20. The maximum absolute atomic E-state index is 11.0. The highest BCUT2D eigenvalue weighted by molar-refractivity contribution is 5.73. The summed E-state index contributed by atoms with van der Waals surface area (Å²) in [6, 6.07) is 2.98. The van der Waals surface area contributed by atoms with Gasteiger partial charge in [-0.1, -0.05) is 13.8 Å². The molecule has 0 bridgehead atoms. The number of carboxylic acids is 1. The molecule has 0 aliphatic heterocycles. The van der Waals surface area contributed by atoms with Crippen LogP contribution in [-0.4, -0.2) is 17.1 Å². The molecule has 0 aliphatic carbocycles. The summed E-state index contributed by atoms with van der Waals surface area (Å²) in [5.74, 6) is -0.0368. The van der Waals surface area contributed by atoms with Crippen molar-refractivity contribution in [2.75, 3.05) is 0 Å². The lowest BCUT2D eigenvalue weighted by molar-refractivity contribution is -0.140. The molecule has 0 saturated heterocycles. The van der Waals surface area contributed by atoms with Crippen LogP contribution in [0.4, 0.5) is 0 Å². The van der Waals surface area contributed by atoms with Gasteiger partial charge in [-0.25, -0.2) is 0 Å². The normalized spacial score (nSPS) is 15.2. The van der Waals surface area contributed by atoms with Crippen molar-refractivity contribution in [2.24, 2.45) is 5.92 Å². The van der Waals surface area contributed by atoms with E-state index in [4.69, 9.17) is 9.52 Å². The first-order valence-electron chi connectivity index (χ1n) is 5.04. The summed E-state index contributed by atoms with van der Waals surface area (Å²) in [4.78, 5) is 11.0. The van der Waals surface area contributed by atoms with Crippen LogP contribution in [0.2, 0.25) is 0 Å². The van der Waals surface area contributed by atoms with Crippen LogP contribution in [0.3, 0.4) is 0 Å². The topological polar surface area (TPSA) is 62.5 Å². The van der Waals surface area contributed by atoms with Crippen molar-refractivity contribution in [1.29, 1.82) is 0 Å². The van der Waals surface area contributed by atoms with Crippen LogP contribution in [-0.2, 0) is 4.79 Å². The third kappa shape index (κ3) is 3.09. The fourth-order valence-electron chi connectivity index (χ4n) is 1.44. The van der Waals surface area contributed by atoms with Gasteiger partial charge in [0.2, 0.25) is 0 Å². The van der Waals surface area contributed by atoms with E-state index >= 15 is 0 Å². The molecule has 0 radical (unpaired) electrons. The van der Waals surface area contributed by atoms with Gasteiger partial charge in [-0.05, 0) is 25.0 Å². The van der Waals surface area contributed by atoms with Crippen LogP contribution in [0, 0.1) is 5.92 Å². The molecular weight excluding hydrogens is 194 g/mol. The molecule has 4 heteroatoms. The number of carbonyl (C=O) groups is 1. The SMILES string of the molecule is CC(C)C(N[C@@H](C)c1ccco1)C(=O)O. The zero-order chi connectivity index (χ0) is 11.4. The minimum absolute atomic E-state index is 0.0416. The monoisotopic (exact) mass is 211 g/mol. The summed E-state index contributed by atoms with van der Waals surface area (Å²) in [6.45, 7) is 5.64. The Hall–Kier alpha value is -1.29. The molecule has 0 saturated carbocycles. The van der Waals surface area contributed by atoms with Gasteiger partial charge in [0.15, 0.2) is 0 Å². The second-order valence-electron chi connectivity index (χ2n) is 3.96. The molecule has 1 aromatic heterocycles. The van der Waals surface area contributed by atoms with Crippen LogP contribution < -0.4 is 5.32 Å². The second kappa shape index (κ2) is 4.98. The fraction of sp³-hybridized carbons (Fsp3) is 0.545. The summed E-state index contributed by atoms with van der Waals surface area (Å²) in [5.41, 5.74) is 0. The summed E-state index contributed by atoms with van der Waals surface area (Å²) >= 11 is 0. The molecule has 0 fully saturated rings. The third-order valence-electron chi connectivity index (χ3n) is 2.33. The van der Waals surface area contributed by atoms with Crippen molar-refractivity contribution >= 4 is 5.97 Å². The smallest absolute Gasteiger partial charge is 0.320 e. The molecule has 0 aromatic carbocycles. The Bertz CT molecular complexity index is 306. The first-order valence-corrected chi connectivity index (χ1v) is 5.04. The van der Waals surface area contributed by atoms with E-state index in [-0.39, 0.29) is 12.0 Å². The van der Waals surface area contributed by atoms with Gasteiger partial charge in [0, 0.05) is 0 Å². The van der Waals surface area contributed by atoms with Crippen molar-refractivity contribution in [3.8, 4) is 0 Å². The summed E-state index contributed by atoms with van der Waals surface area (Å²) in [5, 5.41) is 12.0. The third-order valence-corrected chi connectivity index (χ3v) is 2.33. The number of aliphatic carboxylic acids is 1. The van der Waals surface area contributed by atoms with Gasteiger partial charge >= 0.3 is 5.97 Å². The first-order chi connectivity index (χ1) is 7.02. The van der Waals surface area contributed by atoms with E-state index in [1.807, 2.05) is 26.8 Å². The minimum Gasteiger partial charge on any atom is -0.480 e. The van der Waals surface area contributed by atoms with E-state index in [9.17, 15) is 4.79 Å². The van der Waals surface area contributed by atoms with Gasteiger partial charge in [-0.2, -0.15) is 0 Å². The van der Waals surface area contributed by atoms with Gasteiger partial charge in [0.25, 0.3) is 0 Å². The molecular formula is C11H17NO3. The predicted octanol–water partition coefficient (Wildman–Crippen LogP) is 2.04. The number of nitrogens with one attached hydrogen (secondary N) is 1. The highest BCUT2D eigenvalue weighted by Crippen LogP contribution is 2.15. The van der Waals surface area contributed by atoms with Crippen molar-refractivity contribution in [3.05, 3.63) is 24.2 Å². The first kappa shape index (κ1) is 11.8. The van der Waals surface area contributed by atoms with Crippen molar-refractivity contribution < 1.29 is 14.3 Å². The lowest BCUT2D eigenvalue weighted by atomic mass is 10.0. The Balaban J connectivity index is 2.63. The van der Waals surface area contributed by atoms with E-state index in [1.54, 1.807) is 12.3 Å². The van der Waals surface area contributed by atoms with Gasteiger partial charge < -0.3 is 9.52 Å². The van der Waals surface area contributed by atoms with E-state index in [2.05, 4.69) is 5.32 Å². The lowest BCUT2D eigenvalue weighted by Crippen LogP contribution is -2.42. The molecule has 1 heterocycles. The van der Waals surface area contributed by atoms with Crippen LogP contribution in [0.15, 0.2) is 22.8 Å². The molecule has 84 valence electrons. The number of hydrogen-bond acceptors (Lipinski definition) is 3. The quantitative estimate of drug-likeness (QED) is 0.782. The lowest BCUT2D eigenvalue weighted by Gasteiger charge is -2.21. The molecule has 0 aliphatic rings. The number of carboxylic acid groups (broad SMARTS) is 1. The van der Waals surface area contributed by atoms with Crippen LogP contribution in [0.1, 0.15) is 32.6 Å². The van der Waals surface area contributed by atoms with E-state index in [0.717, 1.165) is 5.76 Å². The van der Waals surface area contributed by atoms with Gasteiger partial charge in [-0.3, -0.25) is 10.1 Å². The van der Waals surface area contributed by atoms with E-state index < -0.39 is 12.0 Å². The van der Waals surface area contributed by atoms with Crippen LogP contribution >= 0.6 is 0 Å². The maximum atomic E-state index is 11.0. The van der Waals surface area contributed by atoms with E-state index in [1.165, 1.54) is 0 Å². The van der Waals surface area contributed by atoms with Crippen molar-refractivity contribution in [2.45, 2.75) is 32.9 Å². The van der Waals surface area contributed by atoms with Crippen LogP contribution in [0.5, 0.6) is 0 Å². The van der Waals surface area contributed by atoms with E-state index in [0.29, 0.717) is 0 Å². The molecule has 2 atom stereocenters. The van der Waals surface area contributed by atoms with Crippen molar-refractivity contribution in [3.63, 3.8) is 0 Å². The summed E-state index contributed by atoms with van der Waals surface area (Å²) in [6.07, 6.45) is 1.58. The molecule has 1 unspecified atom stereocenters. The van der Waals surface area contributed by atoms with Gasteiger partial charge in [-0.15, -0.1) is 0 Å². The average Bonchev–Trinajstić information content (AvgIpc) is 2.65. The Kier molecular flexibility index (Phi) is 3.91. The van der Waals surface area contributed by atoms with Crippen LogP contribution in [0.25, 0.3) is 0 Å². The molecule has 4 nitrogen and oxygen atoms in total. The van der Waals surface area contributed by atoms with Gasteiger partial charge in [0.1, 0.15) is 11.8 Å². The summed E-state index contributed by atoms with van der Waals surface area (Å²) in [7, 11) is 0. The highest BCUT2D eigenvalue weighted by atomic mass is 16.4. The molecule has 15 heavy (non-hydrogen) atoms. The number of rotatable bonds is 5. The highest BCUT2D eigenvalue weighted by Gasteiger charge is 2.24. The van der Waals surface area contributed by atoms with Gasteiger partial charge in [0.05, 0.1) is 12.3 Å². The zero-order valence-electron chi connectivity index (χ0n) is 9.23. The van der Waals surface area contributed by atoms with Crippen molar-refractivity contribution in [1.82, 2.24) is 5.32 Å². The molecule has 1 aromatic rings. The zero-order valence-corrected chi connectivity index (χ0v) is 9.23. The minimum atomic E-state index is -0.830. The Labute approximate surface area is 89.3 Å². The number of hydrogen-bond donors (Lipinski definition) is 2. The number of furan rings is 1. The molecule has 1 rings (SSSR count). The standard InChI is InChI=1S/C11H17NO3/c1-7(2)10(11(13)14)12-8(3)9-5-4-6-15-9/h4-8,10,12H,1-3H3,(H,13,14)/t8-,10?/m0/s1. The Morgan fingerprint density at radius 3 is 2.53 bits per heavy atom. The Morgan fingerprint density at radius 1 is 1.47 bits per heavy atom. The molecule has 0 spiro atoms. The second-order valence-corrected chi connectivity index (χ2v) is 3.96. The molecule has 0 amide bonds. The maximum Gasteiger partial charge on any atom is 0.320 e.